The molecule has 0 aliphatic rings. The third-order valence-corrected chi connectivity index (χ3v) is 3.30. The first-order chi connectivity index (χ1) is 9.27. The van der Waals surface area contributed by atoms with Gasteiger partial charge >= 0.3 is 0 Å². The molecule has 0 atom stereocenters. The average molecular weight is 311 g/mol. The molecule has 0 amide bonds. The number of halogens is 2. The summed E-state index contributed by atoms with van der Waals surface area (Å²) in [5, 5.41) is 7.86. The molecule has 106 valence electrons. The van der Waals surface area contributed by atoms with Gasteiger partial charge in [0.1, 0.15) is 5.75 Å². The van der Waals surface area contributed by atoms with Gasteiger partial charge in [0.25, 0.3) is 0 Å². The van der Waals surface area contributed by atoms with E-state index >= 15 is 0 Å². The van der Waals surface area contributed by atoms with Crippen molar-refractivity contribution in [2.24, 2.45) is 0 Å². The van der Waals surface area contributed by atoms with Gasteiger partial charge in [-0.05, 0) is 24.0 Å². The molecular formula is C15H16Cl2N2O. The smallest absolute Gasteiger partial charge is 0.194 e. The van der Waals surface area contributed by atoms with Gasteiger partial charge in [-0.2, -0.15) is 0 Å². The van der Waals surface area contributed by atoms with Crippen LogP contribution in [0.5, 0.6) is 11.5 Å². The number of aromatic nitrogens is 2. The molecule has 1 aromatic heterocycles. The first-order valence-corrected chi connectivity index (χ1v) is 7.00. The zero-order valence-electron chi connectivity index (χ0n) is 11.9. The zero-order chi connectivity index (χ0) is 14.9. The predicted octanol–water partition coefficient (Wildman–Crippen LogP) is 5.18. The Morgan fingerprint density at radius 1 is 1.00 bits per heavy atom. The van der Waals surface area contributed by atoms with E-state index in [1.165, 1.54) is 0 Å². The molecule has 0 aliphatic heterocycles. The summed E-state index contributed by atoms with van der Waals surface area (Å²) in [5.74, 6) is 1.16. The summed E-state index contributed by atoms with van der Waals surface area (Å²) in [6, 6.07) is 7.67. The van der Waals surface area contributed by atoms with Crippen molar-refractivity contribution in [2.75, 3.05) is 0 Å². The fraction of sp³-hybridized carbons (Fsp3) is 0.333. The largest absolute Gasteiger partial charge is 0.454 e. The Bertz CT molecular complexity index is 636. The molecule has 0 radical (unpaired) electrons. The SMILES string of the molecule is Cc1ccc(C(C)(C)C)c(Oc2cc(Cl)nnc2Cl)c1. The maximum absolute atomic E-state index is 6.00. The van der Waals surface area contributed by atoms with E-state index in [4.69, 9.17) is 27.9 Å². The molecule has 0 unspecified atom stereocenters. The van der Waals surface area contributed by atoms with Crippen molar-refractivity contribution in [3.05, 3.63) is 45.7 Å². The number of hydrogen-bond donors (Lipinski definition) is 0. The van der Waals surface area contributed by atoms with Gasteiger partial charge in [0.2, 0.25) is 0 Å². The van der Waals surface area contributed by atoms with Crippen molar-refractivity contribution >= 4 is 23.2 Å². The van der Waals surface area contributed by atoms with Gasteiger partial charge < -0.3 is 4.74 Å². The van der Waals surface area contributed by atoms with Crippen molar-refractivity contribution in [3.8, 4) is 11.5 Å². The van der Waals surface area contributed by atoms with Crippen LogP contribution in [0.25, 0.3) is 0 Å². The lowest BCUT2D eigenvalue weighted by molar-refractivity contribution is 0.452. The predicted molar refractivity (Wildman–Crippen MR) is 82.0 cm³/mol. The summed E-state index contributed by atoms with van der Waals surface area (Å²) in [6.07, 6.45) is 0. The minimum Gasteiger partial charge on any atom is -0.454 e. The van der Waals surface area contributed by atoms with Crippen LogP contribution < -0.4 is 4.74 Å². The molecule has 5 heteroatoms. The summed E-state index contributed by atoms with van der Waals surface area (Å²) < 4.78 is 5.91. The van der Waals surface area contributed by atoms with Gasteiger partial charge in [-0.25, -0.2) is 0 Å². The lowest BCUT2D eigenvalue weighted by Crippen LogP contribution is -2.12. The highest BCUT2D eigenvalue weighted by atomic mass is 35.5. The van der Waals surface area contributed by atoms with E-state index < -0.39 is 0 Å². The third-order valence-electron chi connectivity index (χ3n) is 2.85. The Labute approximate surface area is 128 Å². The molecule has 0 saturated carbocycles. The maximum atomic E-state index is 6.00. The first-order valence-electron chi connectivity index (χ1n) is 6.25. The van der Waals surface area contributed by atoms with E-state index in [1.807, 2.05) is 13.0 Å². The maximum Gasteiger partial charge on any atom is 0.194 e. The molecule has 0 aliphatic carbocycles. The molecule has 20 heavy (non-hydrogen) atoms. The van der Waals surface area contributed by atoms with Gasteiger partial charge in [-0.1, -0.05) is 56.1 Å². The molecule has 1 aromatic carbocycles. The van der Waals surface area contributed by atoms with Gasteiger partial charge in [-0.15, -0.1) is 10.2 Å². The minimum absolute atomic E-state index is 0.0419. The monoisotopic (exact) mass is 310 g/mol. The molecule has 3 nitrogen and oxygen atoms in total. The third kappa shape index (κ3) is 3.41. The van der Waals surface area contributed by atoms with Crippen LogP contribution >= 0.6 is 23.2 Å². The topological polar surface area (TPSA) is 35.0 Å². The molecule has 0 saturated heterocycles. The van der Waals surface area contributed by atoms with Crippen molar-refractivity contribution in [1.82, 2.24) is 10.2 Å². The highest BCUT2D eigenvalue weighted by Gasteiger charge is 2.20. The Balaban J connectivity index is 2.47. The Morgan fingerprint density at radius 3 is 2.35 bits per heavy atom. The number of rotatable bonds is 2. The number of ether oxygens (including phenoxy) is 1. The van der Waals surface area contributed by atoms with Crippen LogP contribution in [0.2, 0.25) is 10.3 Å². The highest BCUT2D eigenvalue weighted by Crippen LogP contribution is 2.36. The molecule has 2 aromatic rings. The van der Waals surface area contributed by atoms with E-state index in [9.17, 15) is 0 Å². The Hall–Kier alpha value is -1.32. The minimum atomic E-state index is -0.0419. The number of nitrogens with zero attached hydrogens (tertiary/aromatic N) is 2. The van der Waals surface area contributed by atoms with Crippen LogP contribution in [-0.2, 0) is 5.41 Å². The van der Waals surface area contributed by atoms with E-state index in [-0.39, 0.29) is 15.7 Å². The lowest BCUT2D eigenvalue weighted by atomic mass is 9.86. The second-order valence-electron chi connectivity index (χ2n) is 5.67. The standard InChI is InChI=1S/C15H16Cl2N2O/c1-9-5-6-10(15(2,3)4)11(7-9)20-12-8-13(16)18-19-14(12)17/h5-8H,1-4H3. The van der Waals surface area contributed by atoms with Crippen LogP contribution in [0, 0.1) is 6.92 Å². The van der Waals surface area contributed by atoms with E-state index in [0.29, 0.717) is 5.75 Å². The van der Waals surface area contributed by atoms with Crippen molar-refractivity contribution in [3.63, 3.8) is 0 Å². The normalized spacial score (nSPS) is 11.5. The quantitative estimate of drug-likeness (QED) is 0.766. The fourth-order valence-electron chi connectivity index (χ4n) is 1.86. The van der Waals surface area contributed by atoms with Crippen molar-refractivity contribution < 1.29 is 4.74 Å². The zero-order valence-corrected chi connectivity index (χ0v) is 13.4. The van der Waals surface area contributed by atoms with Crippen LogP contribution in [0.1, 0.15) is 31.9 Å². The molecule has 0 fully saturated rings. The van der Waals surface area contributed by atoms with Crippen molar-refractivity contribution in [1.29, 1.82) is 0 Å². The Morgan fingerprint density at radius 2 is 1.70 bits per heavy atom. The van der Waals surface area contributed by atoms with E-state index in [0.717, 1.165) is 16.9 Å². The van der Waals surface area contributed by atoms with Crippen LogP contribution in [0.15, 0.2) is 24.3 Å². The molecule has 2 rings (SSSR count). The van der Waals surface area contributed by atoms with Crippen molar-refractivity contribution in [2.45, 2.75) is 33.1 Å². The van der Waals surface area contributed by atoms with Gasteiger partial charge in [-0.3, -0.25) is 0 Å². The average Bonchev–Trinajstić information content (AvgIpc) is 2.32. The second-order valence-corrected chi connectivity index (χ2v) is 6.42. The van der Waals surface area contributed by atoms with Crippen LogP contribution in [0.3, 0.4) is 0 Å². The molecule has 0 N–H and O–H groups in total. The second kappa shape index (κ2) is 5.58. The highest BCUT2D eigenvalue weighted by molar-refractivity contribution is 6.32. The molecule has 0 spiro atoms. The summed E-state index contributed by atoms with van der Waals surface area (Å²) in [4.78, 5) is 0. The van der Waals surface area contributed by atoms with E-state index in [1.54, 1.807) is 6.07 Å². The van der Waals surface area contributed by atoms with Gasteiger partial charge in [0.15, 0.2) is 16.1 Å². The van der Waals surface area contributed by atoms with Gasteiger partial charge in [0.05, 0.1) is 0 Å². The molecular weight excluding hydrogens is 295 g/mol. The Kier molecular flexibility index (Phi) is 4.21. The lowest BCUT2D eigenvalue weighted by Gasteiger charge is -2.23. The number of aryl methyl sites for hydroxylation is 1. The van der Waals surface area contributed by atoms with Crippen LogP contribution in [0.4, 0.5) is 0 Å². The number of hydrogen-bond acceptors (Lipinski definition) is 3. The molecule has 0 bridgehead atoms. The first kappa shape index (κ1) is 15.1. The number of benzene rings is 1. The summed E-state index contributed by atoms with van der Waals surface area (Å²) >= 11 is 11.8. The fourth-order valence-corrected chi connectivity index (χ4v) is 2.13. The van der Waals surface area contributed by atoms with E-state index in [2.05, 4.69) is 43.1 Å². The molecule has 1 heterocycles. The van der Waals surface area contributed by atoms with Gasteiger partial charge in [0, 0.05) is 11.6 Å². The summed E-state index contributed by atoms with van der Waals surface area (Å²) in [6.45, 7) is 8.40. The van der Waals surface area contributed by atoms with Crippen LogP contribution in [-0.4, -0.2) is 10.2 Å². The summed E-state index contributed by atoms with van der Waals surface area (Å²) in [7, 11) is 0. The summed E-state index contributed by atoms with van der Waals surface area (Å²) in [5.41, 5.74) is 2.16.